The second-order valence-corrected chi connectivity index (χ2v) is 6.76. The molecule has 1 aromatic heterocycles. The van der Waals surface area contributed by atoms with Crippen molar-refractivity contribution in [3.05, 3.63) is 44.9 Å². The average Bonchev–Trinajstić information content (AvgIpc) is 2.88. The Kier molecular flexibility index (Phi) is 5.90. The third-order valence-electron chi connectivity index (χ3n) is 3.00. The number of hydrogen-bond donors (Lipinski definition) is 2. The van der Waals surface area contributed by atoms with E-state index in [4.69, 9.17) is 0 Å². The van der Waals surface area contributed by atoms with Crippen LogP contribution in [0.25, 0.3) is 0 Å². The van der Waals surface area contributed by atoms with Crippen molar-refractivity contribution >= 4 is 38.3 Å². The first-order valence-electron chi connectivity index (χ1n) is 6.72. The van der Waals surface area contributed by atoms with Crippen LogP contribution in [-0.4, -0.2) is 24.5 Å². The summed E-state index contributed by atoms with van der Waals surface area (Å²) >= 11 is 5.03. The Morgan fingerprint density at radius 2 is 2.24 bits per heavy atom. The second kappa shape index (κ2) is 7.68. The van der Waals surface area contributed by atoms with Crippen molar-refractivity contribution in [2.45, 2.75) is 19.8 Å². The van der Waals surface area contributed by atoms with E-state index in [0.29, 0.717) is 18.1 Å². The second-order valence-electron chi connectivity index (χ2n) is 4.79. The molecule has 0 aliphatic heterocycles. The predicted octanol–water partition coefficient (Wildman–Crippen LogP) is 3.35. The molecule has 2 aromatic rings. The molecule has 0 bridgehead atoms. The number of hydrogen-bond acceptors (Lipinski definition) is 4. The van der Waals surface area contributed by atoms with Gasteiger partial charge >= 0.3 is 0 Å². The van der Waals surface area contributed by atoms with E-state index in [1.54, 1.807) is 0 Å². The van der Waals surface area contributed by atoms with Crippen LogP contribution in [0.1, 0.15) is 22.4 Å². The maximum atomic E-state index is 11.6. The Morgan fingerprint density at radius 1 is 1.43 bits per heavy atom. The molecule has 0 aliphatic carbocycles. The maximum Gasteiger partial charge on any atom is 0.227 e. The molecule has 6 heteroatoms. The van der Waals surface area contributed by atoms with Crippen LogP contribution in [0, 0.1) is 6.92 Å². The Morgan fingerprint density at radius 3 is 2.95 bits per heavy atom. The molecule has 1 amide bonds. The number of nitrogens with one attached hydrogen (secondary N) is 2. The zero-order valence-electron chi connectivity index (χ0n) is 12.1. The zero-order valence-corrected chi connectivity index (χ0v) is 14.5. The first-order chi connectivity index (χ1) is 10.1. The zero-order chi connectivity index (χ0) is 15.2. The molecule has 21 heavy (non-hydrogen) atoms. The van der Waals surface area contributed by atoms with Gasteiger partial charge in [0.15, 0.2) is 5.13 Å². The fraction of sp³-hybridized carbons (Fsp3) is 0.333. The highest BCUT2D eigenvalue weighted by Gasteiger charge is 2.07. The number of benzene rings is 1. The first-order valence-corrected chi connectivity index (χ1v) is 8.33. The van der Waals surface area contributed by atoms with Crippen LogP contribution < -0.4 is 10.6 Å². The summed E-state index contributed by atoms with van der Waals surface area (Å²) in [6.45, 7) is 2.75. The molecular weight excluding hydrogens is 350 g/mol. The van der Waals surface area contributed by atoms with E-state index < -0.39 is 0 Å². The van der Waals surface area contributed by atoms with Gasteiger partial charge in [-0.2, -0.15) is 0 Å². The van der Waals surface area contributed by atoms with Crippen molar-refractivity contribution in [1.29, 1.82) is 0 Å². The van der Waals surface area contributed by atoms with Gasteiger partial charge < -0.3 is 10.6 Å². The fourth-order valence-electron chi connectivity index (χ4n) is 1.89. The highest BCUT2D eigenvalue weighted by atomic mass is 79.9. The number of thiazole rings is 1. The molecule has 0 atom stereocenters. The van der Waals surface area contributed by atoms with Gasteiger partial charge in [0.1, 0.15) is 0 Å². The van der Waals surface area contributed by atoms with Gasteiger partial charge in [-0.25, -0.2) is 4.98 Å². The third kappa shape index (κ3) is 4.91. The minimum Gasteiger partial charge on any atom is -0.319 e. The monoisotopic (exact) mass is 367 g/mol. The Labute approximate surface area is 137 Å². The van der Waals surface area contributed by atoms with E-state index in [0.717, 1.165) is 15.8 Å². The number of anilines is 1. The van der Waals surface area contributed by atoms with Gasteiger partial charge in [-0.3, -0.25) is 4.79 Å². The quantitative estimate of drug-likeness (QED) is 0.822. The van der Waals surface area contributed by atoms with Crippen molar-refractivity contribution in [3.63, 3.8) is 0 Å². The molecule has 0 radical (unpaired) electrons. The number of halogens is 1. The van der Waals surface area contributed by atoms with Gasteiger partial charge in [0.2, 0.25) is 5.91 Å². The van der Waals surface area contributed by atoms with E-state index >= 15 is 0 Å². The van der Waals surface area contributed by atoms with Gasteiger partial charge in [-0.05, 0) is 31.2 Å². The lowest BCUT2D eigenvalue weighted by molar-refractivity contribution is -0.116. The van der Waals surface area contributed by atoms with Gasteiger partial charge in [-0.1, -0.05) is 28.1 Å². The summed E-state index contributed by atoms with van der Waals surface area (Å²) < 4.78 is 1.12. The summed E-state index contributed by atoms with van der Waals surface area (Å²) in [6.07, 6.45) is 3.12. The molecule has 1 aromatic carbocycles. The van der Waals surface area contributed by atoms with Gasteiger partial charge in [0.05, 0.1) is 0 Å². The lowest BCUT2D eigenvalue weighted by Crippen LogP contribution is -2.18. The molecule has 2 N–H and O–H groups in total. The van der Waals surface area contributed by atoms with E-state index in [-0.39, 0.29) is 5.91 Å². The fourth-order valence-corrected chi connectivity index (χ4v) is 2.99. The summed E-state index contributed by atoms with van der Waals surface area (Å²) in [4.78, 5) is 17.0. The van der Waals surface area contributed by atoms with Crippen molar-refractivity contribution < 1.29 is 4.79 Å². The Bertz CT molecular complexity index is 627. The smallest absolute Gasteiger partial charge is 0.227 e. The molecule has 1 heterocycles. The van der Waals surface area contributed by atoms with Crippen molar-refractivity contribution in [2.75, 3.05) is 18.9 Å². The summed E-state index contributed by atoms with van der Waals surface area (Å²) in [5, 5.41) is 6.44. The lowest BCUT2D eigenvalue weighted by Gasteiger charge is -2.02. The molecule has 0 saturated carbocycles. The van der Waals surface area contributed by atoms with E-state index in [2.05, 4.69) is 56.7 Å². The lowest BCUT2D eigenvalue weighted by atomic mass is 10.1. The predicted molar refractivity (Wildman–Crippen MR) is 91.0 cm³/mol. The highest BCUT2D eigenvalue weighted by molar-refractivity contribution is 9.10. The normalized spacial score (nSPS) is 10.6. The van der Waals surface area contributed by atoms with Crippen molar-refractivity contribution in [1.82, 2.24) is 10.3 Å². The summed E-state index contributed by atoms with van der Waals surface area (Å²) in [5.41, 5.74) is 2.46. The van der Waals surface area contributed by atoms with E-state index in [9.17, 15) is 4.79 Å². The molecule has 0 spiro atoms. The van der Waals surface area contributed by atoms with Crippen LogP contribution in [-0.2, 0) is 11.2 Å². The van der Waals surface area contributed by atoms with E-state index in [1.165, 1.54) is 22.5 Å². The van der Waals surface area contributed by atoms with Gasteiger partial charge in [0, 0.05) is 34.9 Å². The number of carbonyl (C=O) groups excluding carboxylic acids is 1. The first kappa shape index (κ1) is 16.1. The number of aryl methyl sites for hydroxylation is 1. The molecule has 0 fully saturated rings. The largest absolute Gasteiger partial charge is 0.319 e. The number of amides is 1. The minimum absolute atomic E-state index is 0.00950. The molecule has 112 valence electrons. The van der Waals surface area contributed by atoms with Crippen LogP contribution in [0.2, 0.25) is 0 Å². The van der Waals surface area contributed by atoms with Crippen molar-refractivity contribution in [2.24, 2.45) is 0 Å². The number of nitrogens with zero attached hydrogens (tertiary/aromatic N) is 1. The minimum atomic E-state index is -0.00950. The van der Waals surface area contributed by atoms with Crippen molar-refractivity contribution in [3.8, 4) is 0 Å². The summed E-state index contributed by atoms with van der Waals surface area (Å²) in [6, 6.07) is 6.32. The molecular formula is C15H18BrN3OS. The standard InChI is InChI=1S/C15H18BrN3OS/c1-10-7-11(3-4-13(10)16)8-12-9-18-15(21-12)19-14(20)5-6-17-2/h3-4,7,9,17H,5-6,8H2,1-2H3,(H,18,19,20). The summed E-state index contributed by atoms with van der Waals surface area (Å²) in [5.74, 6) is -0.00950. The number of rotatable bonds is 6. The molecule has 0 aliphatic rings. The van der Waals surface area contributed by atoms with Crippen LogP contribution in [0.4, 0.5) is 5.13 Å². The summed E-state index contributed by atoms with van der Waals surface area (Å²) in [7, 11) is 1.83. The molecule has 0 saturated heterocycles. The molecule has 4 nitrogen and oxygen atoms in total. The van der Waals surface area contributed by atoms with Crippen LogP contribution in [0.15, 0.2) is 28.9 Å². The highest BCUT2D eigenvalue weighted by Crippen LogP contribution is 2.23. The Hall–Kier alpha value is -1.24. The maximum absolute atomic E-state index is 11.6. The van der Waals surface area contributed by atoms with Crippen LogP contribution >= 0.6 is 27.3 Å². The third-order valence-corrected chi connectivity index (χ3v) is 4.81. The SMILES string of the molecule is CNCCC(=O)Nc1ncc(Cc2ccc(Br)c(C)c2)s1. The Balaban J connectivity index is 1.96. The average molecular weight is 368 g/mol. The number of carbonyl (C=O) groups is 1. The van der Waals surface area contributed by atoms with Gasteiger partial charge in [0.25, 0.3) is 0 Å². The molecule has 0 unspecified atom stereocenters. The number of aromatic nitrogens is 1. The van der Waals surface area contributed by atoms with Crippen LogP contribution in [0.3, 0.4) is 0 Å². The van der Waals surface area contributed by atoms with Crippen LogP contribution in [0.5, 0.6) is 0 Å². The van der Waals surface area contributed by atoms with E-state index in [1.807, 2.05) is 13.2 Å². The topological polar surface area (TPSA) is 54.0 Å². The van der Waals surface area contributed by atoms with Gasteiger partial charge in [-0.15, -0.1) is 11.3 Å². The molecule has 2 rings (SSSR count).